The molecular weight excluding hydrogens is 360 g/mol. The molecule has 2 aromatic rings. The number of nitrogens with zero attached hydrogens (tertiary/aromatic N) is 1. The van der Waals surface area contributed by atoms with E-state index in [4.69, 9.17) is 10.5 Å². The Hall–Kier alpha value is -1.60. The Morgan fingerprint density at radius 3 is 2.28 bits per heavy atom. The van der Waals surface area contributed by atoms with Crippen molar-refractivity contribution in [3.63, 3.8) is 0 Å². The summed E-state index contributed by atoms with van der Waals surface area (Å²) in [6, 6.07) is 16.5. The summed E-state index contributed by atoms with van der Waals surface area (Å²) < 4.78 is 32.5. The number of halogens is 1. The van der Waals surface area contributed by atoms with Crippen molar-refractivity contribution in [2.75, 3.05) is 26.7 Å². The molecule has 2 N–H and O–H groups in total. The van der Waals surface area contributed by atoms with E-state index in [9.17, 15) is 8.42 Å². The Morgan fingerprint density at radius 1 is 1.08 bits per heavy atom. The van der Waals surface area contributed by atoms with E-state index in [1.54, 1.807) is 35.7 Å². The molecule has 2 atom stereocenters. The van der Waals surface area contributed by atoms with Gasteiger partial charge in [-0.05, 0) is 42.3 Å². The Morgan fingerprint density at radius 2 is 1.72 bits per heavy atom. The lowest BCUT2D eigenvalue weighted by atomic mass is 9.89. The average Bonchev–Trinajstić information content (AvgIpc) is 3.08. The highest BCUT2D eigenvalue weighted by Gasteiger charge is 2.39. The van der Waals surface area contributed by atoms with E-state index >= 15 is 0 Å². The third-order valence-corrected chi connectivity index (χ3v) is 6.48. The smallest absolute Gasteiger partial charge is 0.243 e. The molecule has 0 radical (unpaired) electrons. The maximum absolute atomic E-state index is 12.9. The molecule has 1 heterocycles. The van der Waals surface area contributed by atoms with Gasteiger partial charge in [0.25, 0.3) is 0 Å². The van der Waals surface area contributed by atoms with Crippen molar-refractivity contribution in [2.24, 2.45) is 11.7 Å². The summed E-state index contributed by atoms with van der Waals surface area (Å²) in [6.07, 6.45) is 0. The van der Waals surface area contributed by atoms with E-state index in [0.29, 0.717) is 25.4 Å². The molecule has 136 valence electrons. The lowest BCUT2D eigenvalue weighted by molar-refractivity contribution is 0.414. The topological polar surface area (TPSA) is 72.6 Å². The number of sulfonamides is 1. The molecule has 25 heavy (non-hydrogen) atoms. The van der Waals surface area contributed by atoms with Crippen LogP contribution in [-0.2, 0) is 10.0 Å². The Labute approximate surface area is 155 Å². The van der Waals surface area contributed by atoms with Crippen molar-refractivity contribution in [1.29, 1.82) is 0 Å². The number of nitrogens with two attached hydrogens (primary N) is 1. The second-order valence-corrected chi connectivity index (χ2v) is 7.95. The molecule has 0 bridgehead atoms. The molecule has 1 saturated heterocycles. The lowest BCUT2D eigenvalue weighted by Gasteiger charge is -2.17. The third kappa shape index (κ3) is 3.98. The fraction of sp³-hybridized carbons (Fsp3) is 0.333. The molecule has 0 spiro atoms. The number of rotatable bonds is 5. The van der Waals surface area contributed by atoms with E-state index in [2.05, 4.69) is 0 Å². The number of hydrogen-bond donors (Lipinski definition) is 1. The minimum absolute atomic E-state index is 0. The predicted octanol–water partition coefficient (Wildman–Crippen LogP) is 2.48. The molecule has 1 aliphatic heterocycles. The maximum Gasteiger partial charge on any atom is 0.243 e. The van der Waals surface area contributed by atoms with Gasteiger partial charge >= 0.3 is 0 Å². The van der Waals surface area contributed by atoms with Crippen LogP contribution in [0.3, 0.4) is 0 Å². The van der Waals surface area contributed by atoms with E-state index < -0.39 is 10.0 Å². The van der Waals surface area contributed by atoms with Gasteiger partial charge < -0.3 is 10.5 Å². The summed E-state index contributed by atoms with van der Waals surface area (Å²) >= 11 is 0. The first-order valence-corrected chi connectivity index (χ1v) is 9.39. The highest BCUT2D eigenvalue weighted by Crippen LogP contribution is 2.35. The van der Waals surface area contributed by atoms with Crippen LogP contribution in [0.25, 0.3) is 0 Å². The maximum atomic E-state index is 12.9. The molecule has 2 aromatic carbocycles. The number of hydrogen-bond acceptors (Lipinski definition) is 4. The normalized spacial score (nSPS) is 20.9. The van der Waals surface area contributed by atoms with Gasteiger partial charge in [-0.3, -0.25) is 0 Å². The SMILES string of the molecule is COc1ccc(S(=O)(=O)N2C[C@@H](CN)[C@H](c3ccccc3)C2)cc1.Cl. The zero-order valence-corrected chi connectivity index (χ0v) is 15.7. The summed E-state index contributed by atoms with van der Waals surface area (Å²) in [6.45, 7) is 1.37. The quantitative estimate of drug-likeness (QED) is 0.862. The van der Waals surface area contributed by atoms with Gasteiger partial charge in [0.2, 0.25) is 10.0 Å². The van der Waals surface area contributed by atoms with Crippen LogP contribution < -0.4 is 10.5 Å². The molecule has 0 aromatic heterocycles. The Kier molecular flexibility index (Phi) is 6.46. The first-order chi connectivity index (χ1) is 11.6. The van der Waals surface area contributed by atoms with Gasteiger partial charge in [-0.25, -0.2) is 8.42 Å². The second kappa shape index (κ2) is 8.19. The summed E-state index contributed by atoms with van der Waals surface area (Å²) in [5, 5.41) is 0. The fourth-order valence-electron chi connectivity index (χ4n) is 3.24. The van der Waals surface area contributed by atoms with Crippen molar-refractivity contribution in [3.8, 4) is 5.75 Å². The minimum Gasteiger partial charge on any atom is -0.497 e. The van der Waals surface area contributed by atoms with Crippen LogP contribution in [0.2, 0.25) is 0 Å². The highest BCUT2D eigenvalue weighted by atomic mass is 35.5. The van der Waals surface area contributed by atoms with Crippen molar-refractivity contribution in [3.05, 3.63) is 60.2 Å². The zero-order valence-electron chi connectivity index (χ0n) is 14.0. The molecule has 7 heteroatoms. The summed E-state index contributed by atoms with van der Waals surface area (Å²) in [5.41, 5.74) is 7.04. The van der Waals surface area contributed by atoms with Crippen LogP contribution >= 0.6 is 12.4 Å². The van der Waals surface area contributed by atoms with Gasteiger partial charge in [-0.2, -0.15) is 4.31 Å². The van der Waals surface area contributed by atoms with Crippen molar-refractivity contribution < 1.29 is 13.2 Å². The Balaban J connectivity index is 0.00000225. The molecule has 0 amide bonds. The van der Waals surface area contributed by atoms with Gasteiger partial charge in [0, 0.05) is 19.0 Å². The van der Waals surface area contributed by atoms with Crippen molar-refractivity contribution in [2.45, 2.75) is 10.8 Å². The minimum atomic E-state index is -3.53. The number of ether oxygens (including phenoxy) is 1. The van der Waals surface area contributed by atoms with Crippen LogP contribution in [0, 0.1) is 5.92 Å². The molecule has 0 unspecified atom stereocenters. The standard InChI is InChI=1S/C18H22N2O3S.ClH/c1-23-16-7-9-17(10-8-16)24(21,22)20-12-15(11-19)18(13-20)14-5-3-2-4-6-14;/h2-10,15,18H,11-13,19H2,1H3;1H/t15-,18+;/m1./s1. The zero-order chi connectivity index (χ0) is 17.2. The predicted molar refractivity (Wildman–Crippen MR) is 101 cm³/mol. The molecule has 3 rings (SSSR count). The summed E-state index contributed by atoms with van der Waals surface area (Å²) in [5.74, 6) is 0.891. The highest BCUT2D eigenvalue weighted by molar-refractivity contribution is 7.89. The van der Waals surface area contributed by atoms with E-state index in [1.807, 2.05) is 30.3 Å². The second-order valence-electron chi connectivity index (χ2n) is 6.01. The van der Waals surface area contributed by atoms with Gasteiger partial charge in [0.15, 0.2) is 0 Å². The first kappa shape index (κ1) is 19.7. The number of methoxy groups -OCH3 is 1. The van der Waals surface area contributed by atoms with Crippen molar-refractivity contribution in [1.82, 2.24) is 4.31 Å². The summed E-state index contributed by atoms with van der Waals surface area (Å²) in [4.78, 5) is 0.285. The molecule has 5 nitrogen and oxygen atoms in total. The van der Waals surface area contributed by atoms with Crippen LogP contribution in [0.15, 0.2) is 59.5 Å². The monoisotopic (exact) mass is 382 g/mol. The molecule has 1 aliphatic rings. The van der Waals surface area contributed by atoms with E-state index in [1.165, 1.54) is 0 Å². The molecular formula is C18H23ClN2O3S. The van der Waals surface area contributed by atoms with Gasteiger partial charge in [-0.1, -0.05) is 30.3 Å². The Bertz CT molecular complexity index is 782. The van der Waals surface area contributed by atoms with Gasteiger partial charge in [-0.15, -0.1) is 12.4 Å². The molecule has 0 saturated carbocycles. The average molecular weight is 383 g/mol. The van der Waals surface area contributed by atoms with Crippen LogP contribution in [0.4, 0.5) is 0 Å². The van der Waals surface area contributed by atoms with E-state index in [0.717, 1.165) is 5.56 Å². The number of benzene rings is 2. The first-order valence-electron chi connectivity index (χ1n) is 7.95. The largest absolute Gasteiger partial charge is 0.497 e. The van der Waals surface area contributed by atoms with Gasteiger partial charge in [0.05, 0.1) is 12.0 Å². The third-order valence-electron chi connectivity index (χ3n) is 4.64. The molecule has 0 aliphatic carbocycles. The van der Waals surface area contributed by atoms with E-state index in [-0.39, 0.29) is 29.1 Å². The summed E-state index contributed by atoms with van der Waals surface area (Å²) in [7, 11) is -1.97. The fourth-order valence-corrected chi connectivity index (χ4v) is 4.76. The lowest BCUT2D eigenvalue weighted by Crippen LogP contribution is -2.30. The van der Waals surface area contributed by atoms with Crippen LogP contribution in [-0.4, -0.2) is 39.5 Å². The van der Waals surface area contributed by atoms with Gasteiger partial charge in [0.1, 0.15) is 5.75 Å². The van der Waals surface area contributed by atoms with Crippen LogP contribution in [0.1, 0.15) is 11.5 Å². The van der Waals surface area contributed by atoms with Crippen LogP contribution in [0.5, 0.6) is 5.75 Å². The van der Waals surface area contributed by atoms with Crippen molar-refractivity contribution >= 4 is 22.4 Å². The molecule has 1 fully saturated rings.